The zero-order chi connectivity index (χ0) is 8.69. The van der Waals surface area contributed by atoms with Crippen molar-refractivity contribution in [2.75, 3.05) is 0 Å². The summed E-state index contributed by atoms with van der Waals surface area (Å²) in [5.74, 6) is 0.559. The number of aliphatic hydroxyl groups is 1. The van der Waals surface area contributed by atoms with Crippen LogP contribution in [-0.2, 0) is 0 Å². The summed E-state index contributed by atoms with van der Waals surface area (Å²) < 4.78 is 0. The van der Waals surface area contributed by atoms with E-state index in [9.17, 15) is 5.11 Å². The molecule has 1 N–H and O–H groups in total. The lowest BCUT2D eigenvalue weighted by Gasteiger charge is -2.23. The van der Waals surface area contributed by atoms with E-state index in [0.717, 1.165) is 6.42 Å². The number of rotatable bonds is 0. The van der Waals surface area contributed by atoms with E-state index in [1.54, 1.807) is 6.08 Å². The van der Waals surface area contributed by atoms with Crippen molar-refractivity contribution in [2.24, 2.45) is 5.92 Å². The third-order valence-electron chi connectivity index (χ3n) is 2.07. The van der Waals surface area contributed by atoms with Gasteiger partial charge in [0.05, 0.1) is 6.10 Å². The minimum Gasteiger partial charge on any atom is -0.393 e. The van der Waals surface area contributed by atoms with Crippen LogP contribution in [0.1, 0.15) is 39.5 Å². The average Bonchev–Trinajstić information content (AvgIpc) is 1.97. The molecule has 1 heteroatoms. The van der Waals surface area contributed by atoms with Crippen LogP contribution >= 0.6 is 0 Å². The molecule has 0 aliphatic heterocycles. The van der Waals surface area contributed by atoms with Crippen molar-refractivity contribution in [1.82, 2.24) is 0 Å². The zero-order valence-corrected chi connectivity index (χ0v) is 7.71. The summed E-state index contributed by atoms with van der Waals surface area (Å²) in [6, 6.07) is 0. The van der Waals surface area contributed by atoms with Crippen molar-refractivity contribution in [3.05, 3.63) is 12.7 Å². The molecule has 2 atom stereocenters. The summed E-state index contributed by atoms with van der Waals surface area (Å²) in [5, 5.41) is 9.18. The Morgan fingerprint density at radius 1 is 1.36 bits per heavy atom. The lowest BCUT2D eigenvalue weighted by atomic mass is 9.88. The monoisotopic (exact) mass is 156 g/mol. The largest absolute Gasteiger partial charge is 0.393 e. The fourth-order valence-corrected chi connectivity index (χ4v) is 1.30. The van der Waals surface area contributed by atoms with Gasteiger partial charge in [0.15, 0.2) is 0 Å². The van der Waals surface area contributed by atoms with E-state index in [2.05, 4.69) is 13.5 Å². The SMILES string of the molecule is C=CC.CC1CCCCC1O. The van der Waals surface area contributed by atoms with Crippen LogP contribution in [0.5, 0.6) is 0 Å². The van der Waals surface area contributed by atoms with Crippen LogP contribution in [-0.4, -0.2) is 11.2 Å². The first-order chi connectivity index (χ1) is 5.22. The predicted octanol–water partition coefficient (Wildman–Crippen LogP) is 2.75. The number of aliphatic hydroxyl groups excluding tert-OH is 1. The van der Waals surface area contributed by atoms with Gasteiger partial charge in [-0.2, -0.15) is 0 Å². The van der Waals surface area contributed by atoms with Gasteiger partial charge in [-0.1, -0.05) is 25.8 Å². The standard InChI is InChI=1S/C7H14O.C3H6/c1-6-4-2-3-5-7(6)8;1-3-2/h6-8H,2-5H2,1H3;3H,1H2,2H3. The van der Waals surface area contributed by atoms with Gasteiger partial charge >= 0.3 is 0 Å². The molecule has 1 aliphatic carbocycles. The molecule has 66 valence electrons. The van der Waals surface area contributed by atoms with E-state index >= 15 is 0 Å². The molecule has 0 amide bonds. The maximum atomic E-state index is 9.18. The molecule has 2 unspecified atom stereocenters. The number of hydrogen-bond acceptors (Lipinski definition) is 1. The van der Waals surface area contributed by atoms with Gasteiger partial charge in [-0.15, -0.1) is 6.58 Å². The highest BCUT2D eigenvalue weighted by Crippen LogP contribution is 2.22. The Hall–Kier alpha value is -0.300. The number of allylic oxidation sites excluding steroid dienone is 1. The molecule has 1 rings (SSSR count). The van der Waals surface area contributed by atoms with Gasteiger partial charge in [0.1, 0.15) is 0 Å². The molecule has 0 saturated heterocycles. The van der Waals surface area contributed by atoms with Crippen molar-refractivity contribution in [2.45, 2.75) is 45.6 Å². The Balaban J connectivity index is 0.000000292. The van der Waals surface area contributed by atoms with Crippen LogP contribution in [0.2, 0.25) is 0 Å². The molecule has 1 saturated carbocycles. The van der Waals surface area contributed by atoms with E-state index in [1.165, 1.54) is 19.3 Å². The Labute approximate surface area is 70.1 Å². The Morgan fingerprint density at radius 3 is 2.09 bits per heavy atom. The van der Waals surface area contributed by atoms with Gasteiger partial charge in [-0.3, -0.25) is 0 Å². The normalized spacial score (nSPS) is 30.1. The van der Waals surface area contributed by atoms with Gasteiger partial charge in [0.25, 0.3) is 0 Å². The average molecular weight is 156 g/mol. The van der Waals surface area contributed by atoms with Crippen molar-refractivity contribution in [3.8, 4) is 0 Å². The second kappa shape index (κ2) is 6.41. The molecule has 1 aliphatic rings. The quantitative estimate of drug-likeness (QED) is 0.535. The van der Waals surface area contributed by atoms with Crippen molar-refractivity contribution < 1.29 is 5.11 Å². The van der Waals surface area contributed by atoms with Gasteiger partial charge in [-0.05, 0) is 25.7 Å². The molecule has 1 nitrogen and oxygen atoms in total. The lowest BCUT2D eigenvalue weighted by molar-refractivity contribution is 0.0793. The molecule has 0 spiro atoms. The highest BCUT2D eigenvalue weighted by Gasteiger charge is 2.17. The maximum absolute atomic E-state index is 9.18. The molecule has 0 radical (unpaired) electrons. The van der Waals surface area contributed by atoms with Gasteiger partial charge < -0.3 is 5.11 Å². The number of hydrogen-bond donors (Lipinski definition) is 1. The van der Waals surface area contributed by atoms with E-state index < -0.39 is 0 Å². The fraction of sp³-hybridized carbons (Fsp3) is 0.800. The molecule has 0 aromatic heterocycles. The first kappa shape index (κ1) is 10.7. The van der Waals surface area contributed by atoms with Crippen LogP contribution in [0.25, 0.3) is 0 Å². The minimum atomic E-state index is 0.00347. The predicted molar refractivity (Wildman–Crippen MR) is 49.5 cm³/mol. The topological polar surface area (TPSA) is 20.2 Å². The summed E-state index contributed by atoms with van der Waals surface area (Å²) in [6.45, 7) is 7.38. The van der Waals surface area contributed by atoms with Gasteiger partial charge in [0.2, 0.25) is 0 Å². The Bertz CT molecular complexity index is 89.0. The van der Waals surface area contributed by atoms with Crippen LogP contribution in [0.3, 0.4) is 0 Å². The third kappa shape index (κ3) is 5.02. The first-order valence-corrected chi connectivity index (χ1v) is 4.47. The molecule has 1 fully saturated rings. The molecule has 0 aromatic rings. The molecule has 0 bridgehead atoms. The first-order valence-electron chi connectivity index (χ1n) is 4.47. The van der Waals surface area contributed by atoms with E-state index in [0.29, 0.717) is 5.92 Å². The second-order valence-electron chi connectivity index (χ2n) is 3.24. The summed E-state index contributed by atoms with van der Waals surface area (Å²) in [6.07, 6.45) is 6.55. The van der Waals surface area contributed by atoms with E-state index in [4.69, 9.17) is 0 Å². The molecular weight excluding hydrogens is 136 g/mol. The molecule has 0 aromatic carbocycles. The van der Waals surface area contributed by atoms with Crippen LogP contribution in [0.4, 0.5) is 0 Å². The van der Waals surface area contributed by atoms with Gasteiger partial charge in [-0.25, -0.2) is 0 Å². The molecule has 0 heterocycles. The molecular formula is C10H20O. The van der Waals surface area contributed by atoms with Crippen LogP contribution in [0.15, 0.2) is 12.7 Å². The highest BCUT2D eigenvalue weighted by atomic mass is 16.3. The minimum absolute atomic E-state index is 0.00347. The maximum Gasteiger partial charge on any atom is 0.0565 e. The molecule has 11 heavy (non-hydrogen) atoms. The Kier molecular flexibility index (Phi) is 6.24. The summed E-state index contributed by atoms with van der Waals surface area (Å²) >= 11 is 0. The third-order valence-corrected chi connectivity index (χ3v) is 2.07. The van der Waals surface area contributed by atoms with Crippen LogP contribution < -0.4 is 0 Å². The van der Waals surface area contributed by atoms with Crippen molar-refractivity contribution >= 4 is 0 Å². The summed E-state index contributed by atoms with van der Waals surface area (Å²) in [5.41, 5.74) is 0. The van der Waals surface area contributed by atoms with Gasteiger partial charge in [0, 0.05) is 0 Å². The summed E-state index contributed by atoms with van der Waals surface area (Å²) in [7, 11) is 0. The van der Waals surface area contributed by atoms with E-state index in [1.807, 2.05) is 6.92 Å². The fourth-order valence-electron chi connectivity index (χ4n) is 1.30. The Morgan fingerprint density at radius 2 is 1.82 bits per heavy atom. The van der Waals surface area contributed by atoms with E-state index in [-0.39, 0.29) is 6.10 Å². The van der Waals surface area contributed by atoms with Crippen molar-refractivity contribution in [3.63, 3.8) is 0 Å². The lowest BCUT2D eigenvalue weighted by Crippen LogP contribution is -2.21. The van der Waals surface area contributed by atoms with Crippen molar-refractivity contribution in [1.29, 1.82) is 0 Å². The highest BCUT2D eigenvalue weighted by molar-refractivity contribution is 4.69. The zero-order valence-electron chi connectivity index (χ0n) is 7.71. The smallest absolute Gasteiger partial charge is 0.0565 e. The summed E-state index contributed by atoms with van der Waals surface area (Å²) in [4.78, 5) is 0. The van der Waals surface area contributed by atoms with Crippen LogP contribution in [0, 0.1) is 5.92 Å². The second-order valence-corrected chi connectivity index (χ2v) is 3.24.